The van der Waals surface area contributed by atoms with Gasteiger partial charge in [-0.1, -0.05) is 30.3 Å². The molecule has 0 aromatic heterocycles. The van der Waals surface area contributed by atoms with E-state index in [-0.39, 0.29) is 11.8 Å². The number of ether oxygens (including phenoxy) is 1. The molecule has 1 aliphatic rings. The fourth-order valence-electron chi connectivity index (χ4n) is 2.30. The van der Waals surface area contributed by atoms with E-state index >= 15 is 0 Å². The van der Waals surface area contributed by atoms with E-state index < -0.39 is 12.0 Å². The van der Waals surface area contributed by atoms with Crippen LogP contribution in [0, 0.1) is 5.92 Å². The number of carbonyl (C=O) groups excluding carboxylic acids is 1. The van der Waals surface area contributed by atoms with Crippen LogP contribution in [0.2, 0.25) is 0 Å². The third kappa shape index (κ3) is 4.06. The van der Waals surface area contributed by atoms with Crippen LogP contribution in [0.3, 0.4) is 0 Å². The minimum absolute atomic E-state index is 0.138. The van der Waals surface area contributed by atoms with Crippen molar-refractivity contribution < 1.29 is 19.4 Å². The summed E-state index contributed by atoms with van der Waals surface area (Å²) < 4.78 is 5.20. The van der Waals surface area contributed by atoms with E-state index in [1.165, 1.54) is 0 Å². The molecule has 108 valence electrons. The van der Waals surface area contributed by atoms with Crippen LogP contribution < -0.4 is 5.32 Å². The quantitative estimate of drug-likeness (QED) is 0.848. The maximum atomic E-state index is 12.1. The molecule has 2 N–H and O–H groups in total. The summed E-state index contributed by atoms with van der Waals surface area (Å²) in [7, 11) is 0. The highest BCUT2D eigenvalue weighted by atomic mass is 16.5. The number of carboxylic acids is 1. The largest absolute Gasteiger partial charge is 0.480 e. The molecule has 0 bridgehead atoms. The van der Waals surface area contributed by atoms with E-state index in [0.29, 0.717) is 32.5 Å². The topological polar surface area (TPSA) is 75.6 Å². The summed E-state index contributed by atoms with van der Waals surface area (Å²) in [6.07, 6.45) is 1.61. The molecule has 5 nitrogen and oxygen atoms in total. The molecular weight excluding hydrogens is 258 g/mol. The number of amides is 1. The summed E-state index contributed by atoms with van der Waals surface area (Å²) in [6.45, 7) is 1.13. The zero-order valence-electron chi connectivity index (χ0n) is 11.2. The Balaban J connectivity index is 1.95. The van der Waals surface area contributed by atoms with Crippen LogP contribution in [0.1, 0.15) is 18.4 Å². The minimum Gasteiger partial charge on any atom is -0.480 e. The van der Waals surface area contributed by atoms with Gasteiger partial charge in [-0.15, -0.1) is 0 Å². The highest BCUT2D eigenvalue weighted by Crippen LogP contribution is 2.15. The summed E-state index contributed by atoms with van der Waals surface area (Å²) in [5.41, 5.74) is 0.896. The highest BCUT2D eigenvalue weighted by Gasteiger charge is 2.26. The Morgan fingerprint density at radius 3 is 2.50 bits per heavy atom. The van der Waals surface area contributed by atoms with E-state index in [2.05, 4.69) is 5.32 Å². The van der Waals surface area contributed by atoms with Crippen LogP contribution in [0.15, 0.2) is 30.3 Å². The van der Waals surface area contributed by atoms with Crippen molar-refractivity contribution in [1.29, 1.82) is 0 Å². The van der Waals surface area contributed by atoms with Crippen LogP contribution in [-0.2, 0) is 20.7 Å². The molecule has 0 spiro atoms. The Morgan fingerprint density at radius 2 is 1.90 bits per heavy atom. The first-order valence-corrected chi connectivity index (χ1v) is 6.81. The molecule has 0 aliphatic carbocycles. The number of aliphatic carboxylic acids is 1. The van der Waals surface area contributed by atoms with E-state index in [0.717, 1.165) is 5.56 Å². The molecule has 1 amide bonds. The summed E-state index contributed by atoms with van der Waals surface area (Å²) in [5.74, 6) is -1.33. The van der Waals surface area contributed by atoms with Gasteiger partial charge in [-0.2, -0.15) is 0 Å². The molecule has 0 radical (unpaired) electrons. The van der Waals surface area contributed by atoms with Gasteiger partial charge in [0.05, 0.1) is 0 Å². The van der Waals surface area contributed by atoms with Crippen LogP contribution in [0.5, 0.6) is 0 Å². The fraction of sp³-hybridized carbons (Fsp3) is 0.467. The third-order valence-corrected chi connectivity index (χ3v) is 3.49. The van der Waals surface area contributed by atoms with Crippen molar-refractivity contribution in [2.45, 2.75) is 25.3 Å². The molecule has 0 unspecified atom stereocenters. The van der Waals surface area contributed by atoms with Gasteiger partial charge in [-0.25, -0.2) is 4.79 Å². The summed E-state index contributed by atoms with van der Waals surface area (Å²) in [4.78, 5) is 23.4. The van der Waals surface area contributed by atoms with Crippen molar-refractivity contribution in [1.82, 2.24) is 5.32 Å². The normalized spacial score (nSPS) is 17.4. The molecule has 1 heterocycles. The molecule has 1 fully saturated rings. The van der Waals surface area contributed by atoms with Crippen molar-refractivity contribution in [3.8, 4) is 0 Å². The van der Waals surface area contributed by atoms with Crippen molar-refractivity contribution in [3.05, 3.63) is 35.9 Å². The number of carboxylic acid groups (broad SMARTS) is 1. The van der Waals surface area contributed by atoms with Gasteiger partial charge in [0.25, 0.3) is 0 Å². The molecule has 5 heteroatoms. The Bertz CT molecular complexity index is 454. The van der Waals surface area contributed by atoms with Crippen LogP contribution >= 0.6 is 0 Å². The van der Waals surface area contributed by atoms with Crippen LogP contribution in [0.25, 0.3) is 0 Å². The average Bonchev–Trinajstić information content (AvgIpc) is 2.48. The number of carbonyl (C=O) groups is 2. The van der Waals surface area contributed by atoms with E-state index in [9.17, 15) is 14.7 Å². The molecule has 1 saturated heterocycles. The van der Waals surface area contributed by atoms with Gasteiger partial charge in [0.15, 0.2) is 0 Å². The Labute approximate surface area is 117 Å². The van der Waals surface area contributed by atoms with Gasteiger partial charge in [0.1, 0.15) is 6.04 Å². The molecule has 1 aromatic carbocycles. The number of hydrogen-bond donors (Lipinski definition) is 2. The van der Waals surface area contributed by atoms with Gasteiger partial charge >= 0.3 is 5.97 Å². The van der Waals surface area contributed by atoms with E-state index in [4.69, 9.17) is 4.74 Å². The number of nitrogens with one attached hydrogen (secondary N) is 1. The lowest BCUT2D eigenvalue weighted by molar-refractivity contribution is -0.143. The minimum atomic E-state index is -1.01. The predicted octanol–water partition coefficient (Wildman–Crippen LogP) is 1.23. The number of benzene rings is 1. The number of hydrogen-bond acceptors (Lipinski definition) is 3. The Morgan fingerprint density at radius 1 is 1.25 bits per heavy atom. The Kier molecular flexibility index (Phi) is 5.12. The second-order valence-electron chi connectivity index (χ2n) is 4.98. The lowest BCUT2D eigenvalue weighted by Crippen LogP contribution is -2.45. The molecule has 20 heavy (non-hydrogen) atoms. The van der Waals surface area contributed by atoms with E-state index in [1.807, 2.05) is 30.3 Å². The maximum Gasteiger partial charge on any atom is 0.326 e. The lowest BCUT2D eigenvalue weighted by Gasteiger charge is -2.23. The third-order valence-electron chi connectivity index (χ3n) is 3.49. The van der Waals surface area contributed by atoms with Crippen molar-refractivity contribution in [2.24, 2.45) is 5.92 Å². The maximum absolute atomic E-state index is 12.1. The zero-order valence-corrected chi connectivity index (χ0v) is 11.2. The Hall–Kier alpha value is -1.88. The second kappa shape index (κ2) is 7.05. The van der Waals surface area contributed by atoms with Crippen molar-refractivity contribution in [2.75, 3.05) is 13.2 Å². The van der Waals surface area contributed by atoms with Crippen molar-refractivity contribution in [3.63, 3.8) is 0 Å². The molecule has 1 aliphatic heterocycles. The zero-order chi connectivity index (χ0) is 14.4. The smallest absolute Gasteiger partial charge is 0.326 e. The fourth-order valence-corrected chi connectivity index (χ4v) is 2.30. The predicted molar refractivity (Wildman–Crippen MR) is 73.3 cm³/mol. The summed E-state index contributed by atoms with van der Waals surface area (Å²) in [5, 5.41) is 11.9. The van der Waals surface area contributed by atoms with Crippen LogP contribution in [0.4, 0.5) is 0 Å². The van der Waals surface area contributed by atoms with Crippen molar-refractivity contribution >= 4 is 11.9 Å². The molecule has 2 rings (SSSR count). The van der Waals surface area contributed by atoms with E-state index in [1.54, 1.807) is 0 Å². The van der Waals surface area contributed by atoms with Gasteiger partial charge in [-0.3, -0.25) is 4.79 Å². The molecular formula is C15H19NO4. The first kappa shape index (κ1) is 14.5. The van der Waals surface area contributed by atoms with Gasteiger partial charge in [0.2, 0.25) is 5.91 Å². The van der Waals surface area contributed by atoms with Gasteiger partial charge < -0.3 is 15.2 Å². The lowest BCUT2D eigenvalue weighted by atomic mass is 9.98. The molecule has 0 saturated carbocycles. The second-order valence-corrected chi connectivity index (χ2v) is 4.98. The first-order valence-electron chi connectivity index (χ1n) is 6.81. The standard InChI is InChI=1S/C15H19NO4/c17-14(12-6-8-20-9-7-12)16-13(15(18)19)10-11-4-2-1-3-5-11/h1-5,12-13H,6-10H2,(H,16,17)(H,18,19)/t13-/m1/s1. The van der Waals surface area contributed by atoms with Gasteiger partial charge in [-0.05, 0) is 18.4 Å². The van der Waals surface area contributed by atoms with Gasteiger partial charge in [0, 0.05) is 25.6 Å². The monoisotopic (exact) mass is 277 g/mol. The molecule has 1 aromatic rings. The highest BCUT2D eigenvalue weighted by molar-refractivity contribution is 5.85. The summed E-state index contributed by atoms with van der Waals surface area (Å²) in [6, 6.07) is 8.42. The van der Waals surface area contributed by atoms with Crippen LogP contribution in [-0.4, -0.2) is 36.2 Å². The number of rotatable bonds is 5. The molecule has 1 atom stereocenters. The SMILES string of the molecule is O=C(N[C@H](Cc1ccccc1)C(=O)O)C1CCOCC1. The summed E-state index contributed by atoms with van der Waals surface area (Å²) >= 11 is 0. The average molecular weight is 277 g/mol. The first-order chi connectivity index (χ1) is 9.66.